The quantitative estimate of drug-likeness (QED) is 0.836. The van der Waals surface area contributed by atoms with E-state index in [-0.39, 0.29) is 0 Å². The normalized spacial score (nSPS) is 18.0. The van der Waals surface area contributed by atoms with Crippen molar-refractivity contribution in [3.8, 4) is 0 Å². The van der Waals surface area contributed by atoms with Crippen LogP contribution in [0.15, 0.2) is 24.7 Å². The van der Waals surface area contributed by atoms with Crippen LogP contribution in [0.5, 0.6) is 0 Å². The zero-order valence-electron chi connectivity index (χ0n) is 13.2. The third-order valence-corrected chi connectivity index (χ3v) is 4.59. The molecule has 2 aromatic heterocycles. The van der Waals surface area contributed by atoms with Crippen LogP contribution in [0.2, 0.25) is 5.02 Å². The number of fused-ring (bicyclic) bond motifs is 1. The van der Waals surface area contributed by atoms with Crippen molar-refractivity contribution in [2.75, 3.05) is 13.6 Å². The second-order valence-corrected chi connectivity index (χ2v) is 6.67. The first-order valence-corrected chi connectivity index (χ1v) is 8.11. The number of aromatic nitrogens is 3. The molecule has 4 nitrogen and oxygen atoms in total. The van der Waals surface area contributed by atoms with Gasteiger partial charge in [0, 0.05) is 44.6 Å². The number of nitrogens with zero attached hydrogens (tertiary/aromatic N) is 4. The highest BCUT2D eigenvalue weighted by molar-refractivity contribution is 6.31. The number of imidazole rings is 1. The van der Waals surface area contributed by atoms with Crippen LogP contribution in [0.25, 0.3) is 0 Å². The topological polar surface area (TPSA) is 34.0 Å². The molecule has 0 aliphatic carbocycles. The fourth-order valence-corrected chi connectivity index (χ4v) is 3.31. The Morgan fingerprint density at radius 2 is 2.21 bits per heavy atom. The molecule has 0 amide bonds. The lowest BCUT2D eigenvalue weighted by Crippen LogP contribution is -2.31. The maximum Gasteiger partial charge on any atom is 0.434 e. The fraction of sp³-hybridized carbons (Fsp3) is 0.500. The lowest BCUT2D eigenvalue weighted by Gasteiger charge is -2.28. The molecule has 130 valence electrons. The number of aryl methyl sites for hydroxylation is 1. The molecular formula is C16H18ClF3N4. The van der Waals surface area contributed by atoms with Crippen molar-refractivity contribution in [1.29, 1.82) is 0 Å². The Kier molecular flexibility index (Phi) is 4.83. The van der Waals surface area contributed by atoms with Gasteiger partial charge in [0.05, 0.1) is 5.02 Å². The van der Waals surface area contributed by atoms with Gasteiger partial charge >= 0.3 is 6.18 Å². The summed E-state index contributed by atoms with van der Waals surface area (Å²) in [4.78, 5) is 9.81. The van der Waals surface area contributed by atoms with Gasteiger partial charge in [-0.2, -0.15) is 13.2 Å². The predicted octanol–water partition coefficient (Wildman–Crippen LogP) is 3.64. The summed E-state index contributed by atoms with van der Waals surface area (Å²) in [5.41, 5.74) is 0.197. The van der Waals surface area contributed by atoms with E-state index < -0.39 is 11.9 Å². The number of alkyl halides is 3. The second-order valence-electron chi connectivity index (χ2n) is 6.26. The van der Waals surface area contributed by atoms with E-state index in [0.29, 0.717) is 36.3 Å². The van der Waals surface area contributed by atoms with Crippen LogP contribution in [0.1, 0.15) is 23.5 Å². The summed E-state index contributed by atoms with van der Waals surface area (Å²) in [5, 5.41) is 0.625. The van der Waals surface area contributed by atoms with Gasteiger partial charge in [0.1, 0.15) is 5.82 Å². The molecule has 1 aliphatic rings. The summed E-state index contributed by atoms with van der Waals surface area (Å²) in [6.45, 7) is 2.03. The zero-order valence-corrected chi connectivity index (χ0v) is 14.0. The first-order valence-electron chi connectivity index (χ1n) is 7.73. The van der Waals surface area contributed by atoms with Crippen molar-refractivity contribution in [1.82, 2.24) is 19.4 Å². The molecule has 1 atom stereocenters. The third kappa shape index (κ3) is 3.89. The molecule has 0 fully saturated rings. The van der Waals surface area contributed by atoms with Crippen LogP contribution in [0.4, 0.5) is 13.2 Å². The second kappa shape index (κ2) is 6.72. The maximum absolute atomic E-state index is 12.8. The summed E-state index contributed by atoms with van der Waals surface area (Å²) in [5.74, 6) is 0.816. The molecule has 0 saturated carbocycles. The molecule has 1 aliphatic heterocycles. The van der Waals surface area contributed by atoms with E-state index in [1.54, 1.807) is 17.0 Å². The highest BCUT2D eigenvalue weighted by Crippen LogP contribution is 2.31. The van der Waals surface area contributed by atoms with Gasteiger partial charge in [0.2, 0.25) is 0 Å². The largest absolute Gasteiger partial charge is 0.434 e. The smallest absolute Gasteiger partial charge is 0.334 e. The van der Waals surface area contributed by atoms with Crippen molar-refractivity contribution in [2.24, 2.45) is 5.92 Å². The Morgan fingerprint density at radius 3 is 2.92 bits per heavy atom. The third-order valence-electron chi connectivity index (χ3n) is 4.25. The van der Waals surface area contributed by atoms with Crippen LogP contribution in [-0.4, -0.2) is 33.0 Å². The SMILES string of the molecule is CN(Cc1ccncc1Cl)C[C@H]1CCc2nc(C(F)(F)F)cn2C1. The van der Waals surface area contributed by atoms with Crippen LogP contribution in [0.3, 0.4) is 0 Å². The molecule has 0 radical (unpaired) electrons. The average molecular weight is 359 g/mol. The lowest BCUT2D eigenvalue weighted by atomic mass is 9.99. The molecule has 3 rings (SSSR count). The molecule has 0 saturated heterocycles. The Hall–Kier alpha value is -1.60. The predicted molar refractivity (Wildman–Crippen MR) is 84.6 cm³/mol. The van der Waals surface area contributed by atoms with E-state index in [1.165, 1.54) is 0 Å². The number of halogens is 4. The first kappa shape index (κ1) is 17.2. The van der Waals surface area contributed by atoms with Crippen LogP contribution in [-0.2, 0) is 25.7 Å². The molecule has 24 heavy (non-hydrogen) atoms. The molecule has 0 unspecified atom stereocenters. The summed E-state index contributed by atoms with van der Waals surface area (Å²) in [6, 6.07) is 1.88. The van der Waals surface area contributed by atoms with Crippen LogP contribution < -0.4 is 0 Å². The minimum Gasteiger partial charge on any atom is -0.334 e. The van der Waals surface area contributed by atoms with Gasteiger partial charge < -0.3 is 9.47 Å². The van der Waals surface area contributed by atoms with Gasteiger partial charge in [0.25, 0.3) is 0 Å². The Labute approximate surface area is 143 Å². The molecule has 0 spiro atoms. The van der Waals surface area contributed by atoms with Crippen molar-refractivity contribution in [3.05, 3.63) is 46.8 Å². The molecule has 0 N–H and O–H groups in total. The number of hydrogen-bond donors (Lipinski definition) is 0. The molecule has 2 aromatic rings. The van der Waals surface area contributed by atoms with Crippen molar-refractivity contribution < 1.29 is 13.2 Å². The standard InChI is InChI=1S/C16H18ClF3N4/c1-23(9-12-4-5-21-6-13(12)17)7-11-2-3-15-22-14(16(18,19)20)10-24(15)8-11/h4-6,10-11H,2-3,7-9H2,1H3/t11-/m1/s1. The van der Waals surface area contributed by atoms with Gasteiger partial charge in [0.15, 0.2) is 5.69 Å². The number of rotatable bonds is 4. The molecule has 0 aromatic carbocycles. The monoisotopic (exact) mass is 358 g/mol. The van der Waals surface area contributed by atoms with Crippen LogP contribution in [0, 0.1) is 5.92 Å². The maximum atomic E-state index is 12.8. The van der Waals surface area contributed by atoms with Crippen molar-refractivity contribution in [3.63, 3.8) is 0 Å². The summed E-state index contributed by atoms with van der Waals surface area (Å²) >= 11 is 6.12. The molecule has 0 bridgehead atoms. The summed E-state index contributed by atoms with van der Waals surface area (Å²) in [7, 11) is 1.99. The van der Waals surface area contributed by atoms with Crippen molar-refractivity contribution in [2.45, 2.75) is 32.1 Å². The summed E-state index contributed by atoms with van der Waals surface area (Å²) in [6.07, 6.45) is 1.47. The van der Waals surface area contributed by atoms with E-state index in [2.05, 4.69) is 14.9 Å². The average Bonchev–Trinajstić information content (AvgIpc) is 2.93. The Morgan fingerprint density at radius 1 is 1.42 bits per heavy atom. The van der Waals surface area contributed by atoms with Gasteiger partial charge in [-0.3, -0.25) is 4.98 Å². The lowest BCUT2D eigenvalue weighted by molar-refractivity contribution is -0.141. The fourth-order valence-electron chi connectivity index (χ4n) is 3.13. The van der Waals surface area contributed by atoms with Crippen molar-refractivity contribution >= 4 is 11.6 Å². The number of pyridine rings is 1. The van der Waals surface area contributed by atoms with Crippen LogP contribution >= 0.6 is 11.6 Å². The molecule has 8 heteroatoms. The van der Waals surface area contributed by atoms with Gasteiger partial charge in [-0.1, -0.05) is 11.6 Å². The molecule has 3 heterocycles. The number of hydrogen-bond acceptors (Lipinski definition) is 3. The highest BCUT2D eigenvalue weighted by atomic mass is 35.5. The Bertz CT molecular complexity index is 714. The highest BCUT2D eigenvalue weighted by Gasteiger charge is 2.35. The summed E-state index contributed by atoms with van der Waals surface area (Å²) < 4.78 is 39.9. The van der Waals surface area contributed by atoms with E-state index in [4.69, 9.17) is 11.6 Å². The van der Waals surface area contributed by atoms with E-state index in [9.17, 15) is 13.2 Å². The van der Waals surface area contributed by atoms with Gasteiger partial charge in [-0.05, 0) is 31.0 Å². The zero-order chi connectivity index (χ0) is 17.3. The van der Waals surface area contributed by atoms with E-state index >= 15 is 0 Å². The first-order chi connectivity index (χ1) is 11.3. The Balaban J connectivity index is 1.61. The molecular weight excluding hydrogens is 341 g/mol. The van der Waals surface area contributed by atoms with E-state index in [0.717, 1.165) is 24.7 Å². The minimum atomic E-state index is -4.38. The van der Waals surface area contributed by atoms with Gasteiger partial charge in [-0.15, -0.1) is 0 Å². The van der Waals surface area contributed by atoms with Gasteiger partial charge in [-0.25, -0.2) is 4.98 Å². The minimum absolute atomic E-state index is 0.290. The van der Waals surface area contributed by atoms with E-state index in [1.807, 2.05) is 13.1 Å².